The van der Waals surface area contributed by atoms with Crippen molar-refractivity contribution in [3.8, 4) is 17.1 Å². The van der Waals surface area contributed by atoms with Crippen LogP contribution in [0.4, 0.5) is 5.95 Å². The standard InChI is InChI=1S/C19H21N5O3S/c1-11(2)15(20-17(25)14-9-6-10-28-14)18(26)22-19-21-16(23-24-19)12-7-4-5-8-13(12)27-3/h4-11,15H,1-3H3,(H,20,25)(H2,21,22,23,24,26). The molecule has 8 nitrogen and oxygen atoms in total. The second-order valence-electron chi connectivity index (χ2n) is 6.37. The van der Waals surface area contributed by atoms with Crippen molar-refractivity contribution in [1.82, 2.24) is 20.5 Å². The van der Waals surface area contributed by atoms with Gasteiger partial charge in [-0.15, -0.1) is 16.4 Å². The predicted octanol–water partition coefficient (Wildman–Crippen LogP) is 2.93. The molecule has 3 rings (SSSR count). The summed E-state index contributed by atoms with van der Waals surface area (Å²) in [5.74, 6) is 0.453. The lowest BCUT2D eigenvalue weighted by atomic mass is 10.0. The molecular weight excluding hydrogens is 378 g/mol. The molecule has 0 aliphatic heterocycles. The number of carbonyl (C=O) groups is 2. The number of anilines is 1. The number of methoxy groups -OCH3 is 1. The minimum absolute atomic E-state index is 0.114. The zero-order chi connectivity index (χ0) is 20.1. The third-order valence-corrected chi connectivity index (χ3v) is 4.93. The van der Waals surface area contributed by atoms with Crippen LogP contribution >= 0.6 is 11.3 Å². The van der Waals surface area contributed by atoms with Crippen LogP contribution in [0.2, 0.25) is 0 Å². The lowest BCUT2D eigenvalue weighted by Gasteiger charge is -2.20. The third kappa shape index (κ3) is 4.37. The number of hydrogen-bond acceptors (Lipinski definition) is 6. The quantitative estimate of drug-likeness (QED) is 0.566. The Balaban J connectivity index is 1.72. The van der Waals surface area contributed by atoms with Gasteiger partial charge < -0.3 is 10.1 Å². The molecule has 1 aromatic carbocycles. The number of thiophene rings is 1. The third-order valence-electron chi connectivity index (χ3n) is 4.06. The van der Waals surface area contributed by atoms with Gasteiger partial charge in [-0.05, 0) is 29.5 Å². The Morgan fingerprint density at radius 1 is 1.18 bits per heavy atom. The molecule has 2 aromatic heterocycles. The lowest BCUT2D eigenvalue weighted by molar-refractivity contribution is -0.118. The van der Waals surface area contributed by atoms with E-state index in [0.29, 0.717) is 16.5 Å². The first kappa shape index (κ1) is 19.6. The summed E-state index contributed by atoms with van der Waals surface area (Å²) in [7, 11) is 1.57. The van der Waals surface area contributed by atoms with E-state index in [1.165, 1.54) is 11.3 Å². The zero-order valence-corrected chi connectivity index (χ0v) is 16.5. The highest BCUT2D eigenvalue weighted by molar-refractivity contribution is 7.12. The van der Waals surface area contributed by atoms with Gasteiger partial charge >= 0.3 is 0 Å². The van der Waals surface area contributed by atoms with E-state index < -0.39 is 6.04 Å². The second-order valence-corrected chi connectivity index (χ2v) is 7.32. The molecule has 28 heavy (non-hydrogen) atoms. The molecule has 3 N–H and O–H groups in total. The Morgan fingerprint density at radius 2 is 1.96 bits per heavy atom. The summed E-state index contributed by atoms with van der Waals surface area (Å²) in [6.45, 7) is 3.72. The van der Waals surface area contributed by atoms with Gasteiger partial charge in [0, 0.05) is 0 Å². The van der Waals surface area contributed by atoms with Crippen molar-refractivity contribution in [2.75, 3.05) is 12.4 Å². The van der Waals surface area contributed by atoms with E-state index in [4.69, 9.17) is 4.74 Å². The average molecular weight is 399 g/mol. The maximum Gasteiger partial charge on any atom is 0.262 e. The van der Waals surface area contributed by atoms with Gasteiger partial charge in [0.2, 0.25) is 11.9 Å². The zero-order valence-electron chi connectivity index (χ0n) is 15.7. The fraction of sp³-hybridized carbons (Fsp3) is 0.263. The smallest absolute Gasteiger partial charge is 0.262 e. The number of benzene rings is 1. The van der Waals surface area contributed by atoms with Crippen molar-refractivity contribution in [3.63, 3.8) is 0 Å². The molecule has 9 heteroatoms. The van der Waals surface area contributed by atoms with Crippen molar-refractivity contribution in [3.05, 3.63) is 46.7 Å². The molecule has 146 valence electrons. The van der Waals surface area contributed by atoms with Crippen LogP contribution in [0.3, 0.4) is 0 Å². The predicted molar refractivity (Wildman–Crippen MR) is 107 cm³/mol. The number of hydrogen-bond donors (Lipinski definition) is 3. The first-order valence-corrected chi connectivity index (χ1v) is 9.58. The first-order chi connectivity index (χ1) is 13.5. The van der Waals surface area contributed by atoms with Crippen LogP contribution in [0.5, 0.6) is 5.75 Å². The van der Waals surface area contributed by atoms with Gasteiger partial charge in [-0.25, -0.2) is 0 Å². The number of rotatable bonds is 7. The van der Waals surface area contributed by atoms with Crippen LogP contribution in [0.25, 0.3) is 11.4 Å². The molecule has 2 heterocycles. The van der Waals surface area contributed by atoms with Crippen molar-refractivity contribution in [2.45, 2.75) is 19.9 Å². The van der Waals surface area contributed by atoms with Gasteiger partial charge in [-0.1, -0.05) is 32.0 Å². The molecule has 0 saturated heterocycles. The molecule has 0 radical (unpaired) electrons. The molecule has 0 bridgehead atoms. The summed E-state index contributed by atoms with van der Waals surface area (Å²) in [5, 5.41) is 14.1. The van der Waals surface area contributed by atoms with Crippen LogP contribution in [0.1, 0.15) is 23.5 Å². The fourth-order valence-electron chi connectivity index (χ4n) is 2.62. The molecule has 0 saturated carbocycles. The van der Waals surface area contributed by atoms with Crippen LogP contribution in [-0.2, 0) is 4.79 Å². The molecule has 0 aliphatic carbocycles. The molecule has 0 spiro atoms. The van der Waals surface area contributed by atoms with Crippen LogP contribution < -0.4 is 15.4 Å². The number of nitrogens with one attached hydrogen (secondary N) is 3. The van der Waals surface area contributed by atoms with Gasteiger partial charge in [0.1, 0.15) is 11.8 Å². The van der Waals surface area contributed by atoms with Crippen molar-refractivity contribution < 1.29 is 14.3 Å². The van der Waals surface area contributed by atoms with Crippen molar-refractivity contribution in [1.29, 1.82) is 0 Å². The fourth-order valence-corrected chi connectivity index (χ4v) is 3.25. The summed E-state index contributed by atoms with van der Waals surface area (Å²) >= 11 is 1.32. The Hall–Kier alpha value is -3.20. The number of H-pyrrole nitrogens is 1. The van der Waals surface area contributed by atoms with E-state index >= 15 is 0 Å². The maximum atomic E-state index is 12.7. The summed E-state index contributed by atoms with van der Waals surface area (Å²) in [6.07, 6.45) is 0. The van der Waals surface area contributed by atoms with E-state index in [1.807, 2.05) is 43.5 Å². The van der Waals surface area contributed by atoms with E-state index in [9.17, 15) is 9.59 Å². The molecular formula is C19H21N5O3S. The SMILES string of the molecule is COc1ccccc1-c1nc(NC(=O)C(NC(=O)c2cccs2)C(C)C)n[nH]1. The number of amides is 2. The van der Waals surface area contributed by atoms with Crippen LogP contribution in [0.15, 0.2) is 41.8 Å². The number of aromatic nitrogens is 3. The first-order valence-electron chi connectivity index (χ1n) is 8.70. The van der Waals surface area contributed by atoms with Gasteiger partial charge in [0.15, 0.2) is 5.82 Å². The van der Waals surface area contributed by atoms with Crippen molar-refractivity contribution >= 4 is 29.1 Å². The number of nitrogens with zero attached hydrogens (tertiary/aromatic N) is 2. The van der Waals surface area contributed by atoms with Gasteiger partial charge in [0.25, 0.3) is 5.91 Å². The highest BCUT2D eigenvalue weighted by atomic mass is 32.1. The lowest BCUT2D eigenvalue weighted by Crippen LogP contribution is -2.47. The van der Waals surface area contributed by atoms with Crippen LogP contribution in [0, 0.1) is 5.92 Å². The number of carbonyl (C=O) groups excluding carboxylic acids is 2. The summed E-state index contributed by atoms with van der Waals surface area (Å²) in [6, 6.07) is 10.1. The minimum atomic E-state index is -0.720. The largest absolute Gasteiger partial charge is 0.496 e. The molecule has 0 fully saturated rings. The number of ether oxygens (including phenoxy) is 1. The highest BCUT2D eigenvalue weighted by Gasteiger charge is 2.26. The molecule has 1 atom stereocenters. The Morgan fingerprint density at radius 3 is 2.64 bits per heavy atom. The Kier molecular flexibility index (Phi) is 6.05. The van der Waals surface area contributed by atoms with E-state index in [-0.39, 0.29) is 23.7 Å². The molecule has 2 amide bonds. The topological polar surface area (TPSA) is 109 Å². The average Bonchev–Trinajstić information content (AvgIpc) is 3.37. The van der Waals surface area contributed by atoms with Gasteiger partial charge in [-0.2, -0.15) is 4.98 Å². The number of para-hydroxylation sites is 1. The van der Waals surface area contributed by atoms with Crippen molar-refractivity contribution in [2.24, 2.45) is 5.92 Å². The number of aromatic amines is 1. The molecule has 0 aliphatic rings. The van der Waals surface area contributed by atoms with E-state index in [2.05, 4.69) is 25.8 Å². The normalized spacial score (nSPS) is 11.9. The second kappa shape index (κ2) is 8.66. The Labute approximate surface area is 166 Å². The Bertz CT molecular complexity index is 952. The monoisotopic (exact) mass is 399 g/mol. The summed E-state index contributed by atoms with van der Waals surface area (Å²) in [4.78, 5) is 29.9. The summed E-state index contributed by atoms with van der Waals surface area (Å²) < 4.78 is 5.32. The minimum Gasteiger partial charge on any atom is -0.496 e. The maximum absolute atomic E-state index is 12.7. The van der Waals surface area contributed by atoms with Crippen LogP contribution in [-0.4, -0.2) is 40.1 Å². The highest BCUT2D eigenvalue weighted by Crippen LogP contribution is 2.27. The van der Waals surface area contributed by atoms with E-state index in [1.54, 1.807) is 19.2 Å². The summed E-state index contributed by atoms with van der Waals surface area (Å²) in [5.41, 5.74) is 0.726. The van der Waals surface area contributed by atoms with Gasteiger partial charge in [0.05, 0.1) is 17.6 Å². The van der Waals surface area contributed by atoms with E-state index in [0.717, 1.165) is 5.56 Å². The van der Waals surface area contributed by atoms with Gasteiger partial charge in [-0.3, -0.25) is 20.0 Å². The molecule has 3 aromatic rings. The molecule has 1 unspecified atom stereocenters.